The van der Waals surface area contributed by atoms with Crippen LogP contribution < -0.4 is 4.74 Å². The number of hydrogen-bond donors (Lipinski definition) is 0. The molecule has 0 aliphatic carbocycles. The summed E-state index contributed by atoms with van der Waals surface area (Å²) in [6.45, 7) is 0. The van der Waals surface area contributed by atoms with Crippen molar-refractivity contribution in [2.24, 2.45) is 0 Å². The number of ether oxygens (including phenoxy) is 1. The molecule has 1 aromatic heterocycles. The van der Waals surface area contributed by atoms with Gasteiger partial charge in [0.25, 0.3) is 0 Å². The van der Waals surface area contributed by atoms with Crippen molar-refractivity contribution < 1.29 is 4.74 Å². The van der Waals surface area contributed by atoms with E-state index in [1.54, 1.807) is 13.4 Å². The van der Waals surface area contributed by atoms with Gasteiger partial charge in [-0.2, -0.15) is 0 Å². The van der Waals surface area contributed by atoms with Crippen LogP contribution in [0, 0.1) is 0 Å². The molecular weight excluding hydrogens is 202 g/mol. The second-order valence-electron chi connectivity index (χ2n) is 3.97. The van der Waals surface area contributed by atoms with Crippen molar-refractivity contribution in [1.29, 1.82) is 0 Å². The van der Waals surface area contributed by atoms with Gasteiger partial charge in [0.1, 0.15) is 17.9 Å². The lowest BCUT2D eigenvalue weighted by atomic mass is 10.1. The standard InChI is InChI=1S/C12H13N3O/c1-16-10-5-6-11-9(7-10)3-2-4-12-14-13-8-15(11)12/h5-8H,2-4H2,1H3. The first-order chi connectivity index (χ1) is 7.88. The first-order valence-corrected chi connectivity index (χ1v) is 5.44. The summed E-state index contributed by atoms with van der Waals surface area (Å²) in [4.78, 5) is 0. The van der Waals surface area contributed by atoms with Crippen molar-refractivity contribution >= 4 is 0 Å². The largest absolute Gasteiger partial charge is 0.497 e. The van der Waals surface area contributed by atoms with E-state index in [1.165, 1.54) is 11.3 Å². The Balaban J connectivity index is 2.18. The normalized spacial score (nSPS) is 13.8. The molecule has 4 heteroatoms. The summed E-state index contributed by atoms with van der Waals surface area (Å²) in [6.07, 6.45) is 4.94. The highest BCUT2D eigenvalue weighted by atomic mass is 16.5. The van der Waals surface area contributed by atoms with Crippen molar-refractivity contribution in [3.63, 3.8) is 0 Å². The molecule has 1 aromatic carbocycles. The van der Waals surface area contributed by atoms with Gasteiger partial charge in [-0.15, -0.1) is 10.2 Å². The Bertz CT molecular complexity index is 519. The number of benzene rings is 1. The Morgan fingerprint density at radius 3 is 3.12 bits per heavy atom. The molecule has 2 aromatic rings. The maximum Gasteiger partial charge on any atom is 0.137 e. The minimum atomic E-state index is 0.912. The third kappa shape index (κ3) is 1.38. The highest BCUT2D eigenvalue weighted by molar-refractivity contribution is 5.47. The van der Waals surface area contributed by atoms with Crippen LogP contribution in [0.5, 0.6) is 5.75 Å². The minimum absolute atomic E-state index is 0.912. The number of fused-ring (bicyclic) bond motifs is 3. The number of methoxy groups -OCH3 is 1. The molecule has 0 bridgehead atoms. The van der Waals surface area contributed by atoms with Crippen LogP contribution >= 0.6 is 0 Å². The molecule has 16 heavy (non-hydrogen) atoms. The fraction of sp³-hybridized carbons (Fsp3) is 0.333. The highest BCUT2D eigenvalue weighted by Crippen LogP contribution is 2.26. The summed E-state index contributed by atoms with van der Waals surface area (Å²) in [6, 6.07) is 6.16. The Morgan fingerprint density at radius 1 is 1.31 bits per heavy atom. The molecule has 0 spiro atoms. The van der Waals surface area contributed by atoms with Gasteiger partial charge in [0, 0.05) is 6.42 Å². The smallest absolute Gasteiger partial charge is 0.137 e. The van der Waals surface area contributed by atoms with E-state index >= 15 is 0 Å². The monoisotopic (exact) mass is 215 g/mol. The van der Waals surface area contributed by atoms with Crippen molar-refractivity contribution in [3.8, 4) is 11.4 Å². The second kappa shape index (κ2) is 3.63. The van der Waals surface area contributed by atoms with E-state index in [4.69, 9.17) is 4.74 Å². The summed E-state index contributed by atoms with van der Waals surface area (Å²) in [5.41, 5.74) is 2.48. The van der Waals surface area contributed by atoms with Gasteiger partial charge in [0.15, 0.2) is 0 Å². The molecule has 0 unspecified atom stereocenters. The molecule has 2 heterocycles. The number of nitrogens with zero attached hydrogens (tertiary/aromatic N) is 3. The van der Waals surface area contributed by atoms with Gasteiger partial charge in [-0.3, -0.25) is 4.57 Å². The van der Waals surface area contributed by atoms with Gasteiger partial charge in [0.2, 0.25) is 0 Å². The van der Waals surface area contributed by atoms with Crippen LogP contribution in [0.2, 0.25) is 0 Å². The topological polar surface area (TPSA) is 39.9 Å². The maximum absolute atomic E-state index is 5.25. The molecule has 0 saturated heterocycles. The maximum atomic E-state index is 5.25. The molecule has 0 radical (unpaired) electrons. The summed E-state index contributed by atoms with van der Waals surface area (Å²) >= 11 is 0. The van der Waals surface area contributed by atoms with Crippen LogP contribution in [0.4, 0.5) is 0 Å². The van der Waals surface area contributed by atoms with Crippen molar-refractivity contribution in [3.05, 3.63) is 35.9 Å². The zero-order valence-corrected chi connectivity index (χ0v) is 9.18. The SMILES string of the molecule is COc1ccc2c(c1)CCCc1nncn1-2. The summed E-state index contributed by atoms with van der Waals surface area (Å²) in [5.74, 6) is 1.96. The Morgan fingerprint density at radius 2 is 2.25 bits per heavy atom. The third-order valence-electron chi connectivity index (χ3n) is 3.01. The lowest BCUT2D eigenvalue weighted by Gasteiger charge is -2.09. The Hall–Kier alpha value is -1.84. The van der Waals surface area contributed by atoms with Gasteiger partial charge < -0.3 is 4.74 Å². The van der Waals surface area contributed by atoms with Crippen LogP contribution in [0.1, 0.15) is 17.8 Å². The van der Waals surface area contributed by atoms with E-state index in [0.717, 1.165) is 30.8 Å². The summed E-state index contributed by atoms with van der Waals surface area (Å²) in [5, 5.41) is 8.11. The van der Waals surface area contributed by atoms with E-state index in [0.29, 0.717) is 0 Å². The first kappa shape index (κ1) is 9.39. The number of aryl methyl sites for hydroxylation is 2. The van der Waals surface area contributed by atoms with Crippen LogP contribution in [-0.4, -0.2) is 21.9 Å². The molecule has 82 valence electrons. The van der Waals surface area contributed by atoms with E-state index in [-0.39, 0.29) is 0 Å². The van der Waals surface area contributed by atoms with Gasteiger partial charge in [-0.05, 0) is 36.6 Å². The van der Waals surface area contributed by atoms with E-state index in [9.17, 15) is 0 Å². The molecule has 3 rings (SSSR count). The lowest BCUT2D eigenvalue weighted by Crippen LogP contribution is -1.99. The quantitative estimate of drug-likeness (QED) is 0.727. The van der Waals surface area contributed by atoms with Gasteiger partial charge >= 0.3 is 0 Å². The minimum Gasteiger partial charge on any atom is -0.497 e. The van der Waals surface area contributed by atoms with Crippen molar-refractivity contribution in [2.45, 2.75) is 19.3 Å². The number of hydrogen-bond acceptors (Lipinski definition) is 3. The third-order valence-corrected chi connectivity index (χ3v) is 3.01. The lowest BCUT2D eigenvalue weighted by molar-refractivity contribution is 0.414. The molecule has 0 fully saturated rings. The van der Waals surface area contributed by atoms with Crippen LogP contribution in [0.25, 0.3) is 5.69 Å². The fourth-order valence-electron chi connectivity index (χ4n) is 2.19. The van der Waals surface area contributed by atoms with Crippen molar-refractivity contribution in [2.75, 3.05) is 7.11 Å². The van der Waals surface area contributed by atoms with Gasteiger partial charge in [-0.1, -0.05) is 0 Å². The predicted octanol–water partition coefficient (Wildman–Crippen LogP) is 1.76. The average Bonchev–Trinajstić information content (AvgIpc) is 2.71. The average molecular weight is 215 g/mol. The number of rotatable bonds is 1. The van der Waals surface area contributed by atoms with Crippen LogP contribution in [0.15, 0.2) is 24.5 Å². The molecule has 0 atom stereocenters. The Labute approximate surface area is 93.9 Å². The molecule has 0 amide bonds. The first-order valence-electron chi connectivity index (χ1n) is 5.44. The van der Waals surface area contributed by atoms with E-state index in [1.807, 2.05) is 6.07 Å². The van der Waals surface area contributed by atoms with Crippen LogP contribution in [-0.2, 0) is 12.8 Å². The predicted molar refractivity (Wildman–Crippen MR) is 59.9 cm³/mol. The van der Waals surface area contributed by atoms with E-state index < -0.39 is 0 Å². The van der Waals surface area contributed by atoms with Gasteiger partial charge in [-0.25, -0.2) is 0 Å². The van der Waals surface area contributed by atoms with Crippen molar-refractivity contribution in [1.82, 2.24) is 14.8 Å². The zero-order valence-electron chi connectivity index (χ0n) is 9.18. The van der Waals surface area contributed by atoms with E-state index in [2.05, 4.69) is 26.9 Å². The number of aromatic nitrogens is 3. The summed E-state index contributed by atoms with van der Waals surface area (Å²) in [7, 11) is 1.70. The highest BCUT2D eigenvalue weighted by Gasteiger charge is 2.15. The fourth-order valence-corrected chi connectivity index (χ4v) is 2.19. The molecular formula is C12H13N3O. The Kier molecular flexibility index (Phi) is 2.13. The molecule has 0 N–H and O–H groups in total. The molecule has 1 aliphatic heterocycles. The molecule has 4 nitrogen and oxygen atoms in total. The second-order valence-corrected chi connectivity index (χ2v) is 3.97. The molecule has 0 saturated carbocycles. The summed E-state index contributed by atoms with van der Waals surface area (Å²) < 4.78 is 7.32. The zero-order chi connectivity index (χ0) is 11.0. The van der Waals surface area contributed by atoms with Crippen LogP contribution in [0.3, 0.4) is 0 Å². The van der Waals surface area contributed by atoms with Gasteiger partial charge in [0.05, 0.1) is 12.8 Å². The molecule has 1 aliphatic rings.